The molecule has 4 unspecified atom stereocenters. The van der Waals surface area contributed by atoms with Gasteiger partial charge in [0.2, 0.25) is 5.78 Å². The molecule has 128 valence electrons. The number of aromatic nitrogens is 4. The van der Waals surface area contributed by atoms with E-state index in [4.69, 9.17) is 0 Å². The lowest BCUT2D eigenvalue weighted by Crippen LogP contribution is -2.32. The number of alkyl halides is 1. The van der Waals surface area contributed by atoms with E-state index in [1.807, 2.05) is 0 Å². The highest BCUT2D eigenvalue weighted by molar-refractivity contribution is 6.10. The number of ketones is 1. The second kappa shape index (κ2) is 6.62. The predicted octanol–water partition coefficient (Wildman–Crippen LogP) is 0.231. The number of hydrogen-bond donors (Lipinski definition) is 4. The molecule has 0 aliphatic heterocycles. The van der Waals surface area contributed by atoms with Gasteiger partial charge in [-0.1, -0.05) is 0 Å². The molecule has 2 aromatic rings. The number of carbonyl (C=O) groups is 1. The van der Waals surface area contributed by atoms with Gasteiger partial charge in [0.1, 0.15) is 24.0 Å². The van der Waals surface area contributed by atoms with Gasteiger partial charge < -0.3 is 15.5 Å². The van der Waals surface area contributed by atoms with Gasteiger partial charge in [-0.05, 0) is 19.4 Å². The smallest absolute Gasteiger partial charge is 0.218 e. The number of carbonyl (C=O) groups excluding carboxylic acids is 1. The third-order valence-corrected chi connectivity index (χ3v) is 4.20. The molecule has 0 amide bonds. The zero-order chi connectivity index (χ0) is 17.3. The zero-order valence-corrected chi connectivity index (χ0v) is 13.0. The van der Waals surface area contributed by atoms with Gasteiger partial charge in [0, 0.05) is 24.4 Å². The quantitative estimate of drug-likeness (QED) is 0.577. The summed E-state index contributed by atoms with van der Waals surface area (Å²) in [6.45, 7) is 1.47. The molecule has 4 atom stereocenters. The molecule has 0 radical (unpaired) electrons. The first-order chi connectivity index (χ1) is 11.5. The fourth-order valence-corrected chi connectivity index (χ4v) is 2.87. The van der Waals surface area contributed by atoms with E-state index >= 15 is 0 Å². The highest BCUT2D eigenvalue weighted by Gasteiger charge is 2.43. The molecule has 0 spiro atoms. The van der Waals surface area contributed by atoms with Crippen molar-refractivity contribution in [2.24, 2.45) is 5.92 Å². The molecule has 24 heavy (non-hydrogen) atoms. The van der Waals surface area contributed by atoms with Crippen LogP contribution in [-0.2, 0) is 0 Å². The summed E-state index contributed by atoms with van der Waals surface area (Å²) in [5, 5.41) is 28.4. The Bertz CT molecular complexity index is 737. The standard InChI is InChI=1S/C15H18FN5O3/c1-7-2-11(21-20-7)14(24)9-4-17-6-18-15(9)19-10-3-8(5-22)13(23)12(10)16/h2,4,6,8,10,12-13,22-23H,3,5H2,1H3,(H,20,21)(H,17,18,19). The largest absolute Gasteiger partial charge is 0.396 e. The molecular formula is C15H18FN5O3. The minimum absolute atomic E-state index is 0.165. The van der Waals surface area contributed by atoms with Gasteiger partial charge >= 0.3 is 0 Å². The Labute approximate surface area is 137 Å². The Morgan fingerprint density at radius 1 is 1.54 bits per heavy atom. The van der Waals surface area contributed by atoms with Gasteiger partial charge in [-0.3, -0.25) is 9.89 Å². The van der Waals surface area contributed by atoms with E-state index in [1.54, 1.807) is 13.0 Å². The lowest BCUT2D eigenvalue weighted by molar-refractivity contribution is 0.0444. The number of aromatic amines is 1. The molecule has 1 saturated carbocycles. The second-order valence-electron chi connectivity index (χ2n) is 5.91. The van der Waals surface area contributed by atoms with E-state index in [0.29, 0.717) is 0 Å². The van der Waals surface area contributed by atoms with Crippen LogP contribution in [0.2, 0.25) is 0 Å². The zero-order valence-electron chi connectivity index (χ0n) is 13.0. The van der Waals surface area contributed by atoms with Gasteiger partial charge in [-0.25, -0.2) is 14.4 Å². The van der Waals surface area contributed by atoms with Crippen LogP contribution in [0, 0.1) is 12.8 Å². The van der Waals surface area contributed by atoms with Crippen LogP contribution >= 0.6 is 0 Å². The minimum Gasteiger partial charge on any atom is -0.396 e. The minimum atomic E-state index is -1.56. The molecule has 4 N–H and O–H groups in total. The third-order valence-electron chi connectivity index (χ3n) is 4.20. The van der Waals surface area contributed by atoms with Gasteiger partial charge in [0.15, 0.2) is 0 Å². The summed E-state index contributed by atoms with van der Waals surface area (Å²) in [5.74, 6) is -0.767. The van der Waals surface area contributed by atoms with Crippen LogP contribution in [0.4, 0.5) is 10.2 Å². The fraction of sp³-hybridized carbons (Fsp3) is 0.467. The summed E-state index contributed by atoms with van der Waals surface area (Å²) in [6, 6.07) is 0.845. The summed E-state index contributed by atoms with van der Waals surface area (Å²) in [7, 11) is 0. The first-order valence-corrected chi connectivity index (χ1v) is 7.57. The highest BCUT2D eigenvalue weighted by atomic mass is 19.1. The van der Waals surface area contributed by atoms with E-state index in [2.05, 4.69) is 25.5 Å². The topological polar surface area (TPSA) is 124 Å². The Morgan fingerprint density at radius 3 is 2.96 bits per heavy atom. The van der Waals surface area contributed by atoms with Crippen molar-refractivity contribution in [3.05, 3.63) is 35.5 Å². The Morgan fingerprint density at radius 2 is 2.33 bits per heavy atom. The monoisotopic (exact) mass is 335 g/mol. The summed E-state index contributed by atoms with van der Waals surface area (Å²) in [6.07, 6.45) is 0.00829. The van der Waals surface area contributed by atoms with Gasteiger partial charge in [-0.2, -0.15) is 5.10 Å². The second-order valence-corrected chi connectivity index (χ2v) is 5.91. The van der Waals surface area contributed by atoms with Gasteiger partial charge in [-0.15, -0.1) is 0 Å². The molecule has 8 nitrogen and oxygen atoms in total. The number of halogens is 1. The number of nitrogens with one attached hydrogen (secondary N) is 2. The molecule has 3 rings (SSSR count). The number of anilines is 1. The maximum absolute atomic E-state index is 14.2. The average molecular weight is 335 g/mol. The molecule has 2 heterocycles. The molecule has 0 bridgehead atoms. The molecule has 9 heteroatoms. The van der Waals surface area contributed by atoms with Crippen LogP contribution < -0.4 is 5.32 Å². The summed E-state index contributed by atoms with van der Waals surface area (Å²) in [4.78, 5) is 20.4. The normalized spacial score (nSPS) is 26.5. The van der Waals surface area contributed by atoms with Crippen LogP contribution in [0.25, 0.3) is 0 Å². The molecule has 2 aromatic heterocycles. The SMILES string of the molecule is Cc1cc(C(=O)c2cncnc2NC2CC(CO)C(O)C2F)n[nH]1. The number of rotatable bonds is 5. The Kier molecular flexibility index (Phi) is 4.54. The predicted molar refractivity (Wildman–Crippen MR) is 82.3 cm³/mol. The van der Waals surface area contributed by atoms with E-state index in [1.165, 1.54) is 12.5 Å². The number of aliphatic hydroxyl groups excluding tert-OH is 2. The third kappa shape index (κ3) is 3.00. The lowest BCUT2D eigenvalue weighted by atomic mass is 10.1. The van der Waals surface area contributed by atoms with Crippen LogP contribution in [0.15, 0.2) is 18.6 Å². The molecule has 1 fully saturated rings. The Hall–Kier alpha value is -2.39. The van der Waals surface area contributed by atoms with Crippen molar-refractivity contribution in [2.45, 2.75) is 31.7 Å². The van der Waals surface area contributed by atoms with Crippen LogP contribution in [0.3, 0.4) is 0 Å². The molecule has 0 saturated heterocycles. The van der Waals surface area contributed by atoms with Gasteiger partial charge in [0.25, 0.3) is 0 Å². The van der Waals surface area contributed by atoms with Crippen molar-refractivity contribution < 1.29 is 19.4 Å². The number of nitrogens with zero attached hydrogens (tertiary/aromatic N) is 3. The van der Waals surface area contributed by atoms with E-state index in [0.717, 1.165) is 5.69 Å². The average Bonchev–Trinajstić information content (AvgIpc) is 3.13. The van der Waals surface area contributed by atoms with Crippen molar-refractivity contribution in [3.8, 4) is 0 Å². The summed E-state index contributed by atoms with van der Waals surface area (Å²) < 4.78 is 14.2. The number of aryl methyl sites for hydroxylation is 1. The molecule has 1 aliphatic carbocycles. The maximum Gasteiger partial charge on any atom is 0.218 e. The van der Waals surface area contributed by atoms with Crippen LogP contribution in [0.5, 0.6) is 0 Å². The maximum atomic E-state index is 14.2. The van der Waals surface area contributed by atoms with Crippen molar-refractivity contribution in [1.82, 2.24) is 20.2 Å². The molecule has 1 aliphatic rings. The van der Waals surface area contributed by atoms with Gasteiger partial charge in [0.05, 0.1) is 17.7 Å². The molecule has 0 aromatic carbocycles. The molecular weight excluding hydrogens is 317 g/mol. The number of aliphatic hydroxyl groups is 2. The van der Waals surface area contributed by atoms with E-state index in [-0.39, 0.29) is 30.1 Å². The van der Waals surface area contributed by atoms with Crippen molar-refractivity contribution in [3.63, 3.8) is 0 Å². The van der Waals surface area contributed by atoms with E-state index in [9.17, 15) is 19.4 Å². The van der Waals surface area contributed by atoms with Crippen LogP contribution in [-0.4, -0.2) is 61.1 Å². The highest BCUT2D eigenvalue weighted by Crippen LogP contribution is 2.31. The van der Waals surface area contributed by atoms with Crippen molar-refractivity contribution >= 4 is 11.6 Å². The van der Waals surface area contributed by atoms with E-state index < -0.39 is 30.0 Å². The number of hydrogen-bond acceptors (Lipinski definition) is 7. The Balaban J connectivity index is 1.84. The fourth-order valence-electron chi connectivity index (χ4n) is 2.87. The first kappa shape index (κ1) is 16.5. The first-order valence-electron chi connectivity index (χ1n) is 7.57. The summed E-state index contributed by atoms with van der Waals surface area (Å²) in [5.41, 5.74) is 1.11. The lowest BCUT2D eigenvalue weighted by Gasteiger charge is -2.17. The van der Waals surface area contributed by atoms with Crippen molar-refractivity contribution in [2.75, 3.05) is 11.9 Å². The van der Waals surface area contributed by atoms with Crippen molar-refractivity contribution in [1.29, 1.82) is 0 Å². The van der Waals surface area contributed by atoms with Crippen LogP contribution in [0.1, 0.15) is 28.2 Å². The number of H-pyrrole nitrogens is 1. The summed E-state index contributed by atoms with van der Waals surface area (Å²) >= 11 is 0.